The minimum atomic E-state index is -0.449. The number of phenols is 1. The first-order valence-corrected chi connectivity index (χ1v) is 11.6. The van der Waals surface area contributed by atoms with Crippen molar-refractivity contribution >= 4 is 27.5 Å². The van der Waals surface area contributed by atoms with Crippen LogP contribution in [0.1, 0.15) is 33.4 Å². The highest BCUT2D eigenvalue weighted by atomic mass is 79.9. The maximum absolute atomic E-state index is 15.6. The number of hydrogen-bond acceptors (Lipinski definition) is 1. The van der Waals surface area contributed by atoms with Crippen molar-refractivity contribution in [1.29, 1.82) is 0 Å². The molecule has 0 aliphatic heterocycles. The molecule has 0 atom stereocenters. The molecule has 0 bridgehead atoms. The van der Waals surface area contributed by atoms with E-state index in [4.69, 9.17) is 11.6 Å². The molecule has 0 saturated carbocycles. The summed E-state index contributed by atoms with van der Waals surface area (Å²) in [6.45, 7) is 0. The second-order valence-electron chi connectivity index (χ2n) is 7.70. The molecule has 0 aliphatic carbocycles. The Bertz CT molecular complexity index is 1110. The number of aromatic hydroxyl groups is 1. The molecule has 0 unspecified atom stereocenters. The molecule has 4 aromatic rings. The van der Waals surface area contributed by atoms with Crippen molar-refractivity contribution < 1.29 is 9.50 Å². The first-order valence-electron chi connectivity index (χ1n) is 10.4. The second-order valence-corrected chi connectivity index (χ2v) is 8.87. The van der Waals surface area contributed by atoms with Crippen LogP contribution >= 0.6 is 27.5 Å². The van der Waals surface area contributed by atoms with E-state index in [9.17, 15) is 5.11 Å². The molecule has 32 heavy (non-hydrogen) atoms. The molecule has 161 valence electrons. The van der Waals surface area contributed by atoms with E-state index in [0.29, 0.717) is 22.9 Å². The van der Waals surface area contributed by atoms with Gasteiger partial charge in [-0.15, -0.1) is 0 Å². The fourth-order valence-electron chi connectivity index (χ4n) is 3.82. The molecule has 4 aromatic carbocycles. The molecular weight excluding hydrogens is 487 g/mol. The van der Waals surface area contributed by atoms with Gasteiger partial charge in [-0.1, -0.05) is 119 Å². The van der Waals surface area contributed by atoms with Gasteiger partial charge in [0.2, 0.25) is 0 Å². The normalized spacial score (nSPS) is 11.1. The monoisotopic (exact) mass is 507 g/mol. The van der Waals surface area contributed by atoms with E-state index in [0.717, 1.165) is 22.3 Å². The lowest BCUT2D eigenvalue weighted by molar-refractivity contribution is 0.442. The quantitative estimate of drug-likeness (QED) is 0.267. The van der Waals surface area contributed by atoms with Gasteiger partial charge >= 0.3 is 0 Å². The van der Waals surface area contributed by atoms with Gasteiger partial charge in [-0.2, -0.15) is 0 Å². The summed E-state index contributed by atoms with van der Waals surface area (Å²) in [5, 5.41) is 11.4. The van der Waals surface area contributed by atoms with E-state index in [1.807, 2.05) is 91.0 Å². The van der Waals surface area contributed by atoms with Gasteiger partial charge < -0.3 is 5.11 Å². The van der Waals surface area contributed by atoms with Crippen molar-refractivity contribution in [3.63, 3.8) is 0 Å². The SMILES string of the molecule is Oc1c(Cc2ccccc2)c(Br)c(Cc2ccccc2)c(Cl)c1[C](F)Cc1ccccc1. The van der Waals surface area contributed by atoms with Crippen LogP contribution in [-0.2, 0) is 19.3 Å². The molecule has 1 radical (unpaired) electrons. The Morgan fingerprint density at radius 1 is 0.719 bits per heavy atom. The summed E-state index contributed by atoms with van der Waals surface area (Å²) >= 11 is 10.4. The van der Waals surface area contributed by atoms with Crippen LogP contribution in [0.25, 0.3) is 0 Å². The smallest absolute Gasteiger partial charge is 0.183 e. The number of hydrogen-bond donors (Lipinski definition) is 1. The third-order valence-corrected chi connectivity index (χ3v) is 6.83. The van der Waals surface area contributed by atoms with Crippen LogP contribution in [0, 0.1) is 6.17 Å². The summed E-state index contributed by atoms with van der Waals surface area (Å²) in [5.41, 5.74) is 4.37. The van der Waals surface area contributed by atoms with Gasteiger partial charge in [0.15, 0.2) is 6.17 Å². The van der Waals surface area contributed by atoms with Crippen molar-refractivity contribution in [3.8, 4) is 5.75 Å². The summed E-state index contributed by atoms with van der Waals surface area (Å²) in [5.74, 6) is -0.115. The van der Waals surface area contributed by atoms with Gasteiger partial charge in [0.1, 0.15) is 5.75 Å². The Balaban J connectivity index is 1.81. The van der Waals surface area contributed by atoms with Gasteiger partial charge in [-0.3, -0.25) is 0 Å². The summed E-state index contributed by atoms with van der Waals surface area (Å²) in [6, 6.07) is 29.1. The van der Waals surface area contributed by atoms with Crippen LogP contribution in [0.5, 0.6) is 5.75 Å². The zero-order valence-corrected chi connectivity index (χ0v) is 19.7. The van der Waals surface area contributed by atoms with Gasteiger partial charge in [0, 0.05) is 29.3 Å². The van der Waals surface area contributed by atoms with E-state index in [1.54, 1.807) is 0 Å². The van der Waals surface area contributed by atoms with Crippen LogP contribution in [0.2, 0.25) is 5.02 Å². The van der Waals surface area contributed by atoms with Crippen molar-refractivity contribution in [3.05, 3.63) is 140 Å². The maximum Gasteiger partial charge on any atom is 0.183 e. The van der Waals surface area contributed by atoms with Crippen LogP contribution in [0.15, 0.2) is 95.5 Å². The predicted octanol–water partition coefficient (Wildman–Crippen LogP) is 8.08. The molecule has 4 rings (SSSR count). The molecule has 0 fully saturated rings. The molecule has 0 aromatic heterocycles. The largest absolute Gasteiger partial charge is 0.507 e. The van der Waals surface area contributed by atoms with Crippen LogP contribution in [0.4, 0.5) is 4.39 Å². The lowest BCUT2D eigenvalue weighted by Crippen LogP contribution is -2.06. The summed E-state index contributed by atoms with van der Waals surface area (Å²) in [4.78, 5) is 0. The molecule has 0 heterocycles. The Hall–Kier alpha value is -2.62. The lowest BCUT2D eigenvalue weighted by atomic mass is 9.92. The van der Waals surface area contributed by atoms with Crippen molar-refractivity contribution in [1.82, 2.24) is 0 Å². The highest BCUT2D eigenvalue weighted by Gasteiger charge is 2.28. The fourth-order valence-corrected chi connectivity index (χ4v) is 4.95. The average molecular weight is 509 g/mol. The highest BCUT2D eigenvalue weighted by Crippen LogP contribution is 2.45. The molecule has 0 saturated heterocycles. The van der Waals surface area contributed by atoms with Crippen molar-refractivity contribution in [2.75, 3.05) is 0 Å². The Kier molecular flexibility index (Phi) is 7.29. The molecule has 1 N–H and O–H groups in total. The van der Waals surface area contributed by atoms with E-state index in [2.05, 4.69) is 15.9 Å². The highest BCUT2D eigenvalue weighted by molar-refractivity contribution is 9.10. The van der Waals surface area contributed by atoms with Crippen LogP contribution < -0.4 is 0 Å². The molecule has 0 spiro atoms. The Morgan fingerprint density at radius 3 is 1.66 bits per heavy atom. The maximum atomic E-state index is 15.6. The average Bonchev–Trinajstić information content (AvgIpc) is 2.81. The number of halogens is 3. The first kappa shape index (κ1) is 22.6. The van der Waals surface area contributed by atoms with Crippen LogP contribution in [-0.4, -0.2) is 5.11 Å². The number of rotatable bonds is 7. The van der Waals surface area contributed by atoms with Crippen molar-refractivity contribution in [2.24, 2.45) is 0 Å². The summed E-state index contributed by atoms with van der Waals surface area (Å²) in [6.07, 6.45) is 0.590. The van der Waals surface area contributed by atoms with E-state index < -0.39 is 6.17 Å². The number of phenolic OH excluding ortho intramolecular Hbond substituents is 1. The third-order valence-electron chi connectivity index (χ3n) is 5.46. The first-order chi connectivity index (χ1) is 15.5. The topological polar surface area (TPSA) is 20.2 Å². The van der Waals surface area contributed by atoms with Gasteiger partial charge in [-0.05, 0) is 22.3 Å². The zero-order valence-electron chi connectivity index (χ0n) is 17.4. The van der Waals surface area contributed by atoms with Crippen LogP contribution in [0.3, 0.4) is 0 Å². The minimum Gasteiger partial charge on any atom is -0.507 e. The standard InChI is InChI=1S/C28H22BrClFO/c29-26-22(16-19-10-4-1-5-11-19)27(30)25(24(31)18-21-14-8-3-9-15-21)28(32)23(26)17-20-12-6-2-7-13-20/h1-15,32H,16-18H2. The lowest BCUT2D eigenvalue weighted by Gasteiger charge is -2.21. The minimum absolute atomic E-state index is 0.0608. The molecular formula is C28H22BrClFO. The predicted molar refractivity (Wildman–Crippen MR) is 133 cm³/mol. The second kappa shape index (κ2) is 10.3. The molecule has 4 heteroatoms. The van der Waals surface area contributed by atoms with E-state index in [1.165, 1.54) is 0 Å². The Morgan fingerprint density at radius 2 is 1.16 bits per heavy atom. The Labute approximate surface area is 201 Å². The van der Waals surface area contributed by atoms with E-state index >= 15 is 4.39 Å². The summed E-state index contributed by atoms with van der Waals surface area (Å²) < 4.78 is 16.3. The molecule has 0 aliphatic rings. The van der Waals surface area contributed by atoms with Gasteiger partial charge in [0.05, 0.1) is 10.6 Å². The van der Waals surface area contributed by atoms with Crippen molar-refractivity contribution in [2.45, 2.75) is 19.3 Å². The third kappa shape index (κ3) is 5.06. The number of benzene rings is 4. The molecule has 1 nitrogen and oxygen atoms in total. The molecule has 0 amide bonds. The summed E-state index contributed by atoms with van der Waals surface area (Å²) in [7, 11) is 0. The fraction of sp³-hybridized carbons (Fsp3) is 0.107. The van der Waals surface area contributed by atoms with Gasteiger partial charge in [0.25, 0.3) is 0 Å². The van der Waals surface area contributed by atoms with E-state index in [-0.39, 0.29) is 22.8 Å². The van der Waals surface area contributed by atoms with Gasteiger partial charge in [-0.25, -0.2) is 4.39 Å². The zero-order chi connectivity index (χ0) is 22.5.